The molecule has 0 radical (unpaired) electrons. The SMILES string of the molecule is COC1CCCC(OC(=O)C(N)C(C)(C)C)C1. The Morgan fingerprint density at radius 1 is 1.29 bits per heavy atom. The maximum Gasteiger partial charge on any atom is 0.323 e. The Kier molecular flexibility index (Phi) is 4.95. The zero-order valence-electron chi connectivity index (χ0n) is 11.4. The Labute approximate surface area is 104 Å². The molecular weight excluding hydrogens is 218 g/mol. The fourth-order valence-corrected chi connectivity index (χ4v) is 2.01. The lowest BCUT2D eigenvalue weighted by Gasteiger charge is -2.31. The molecule has 1 aliphatic rings. The minimum Gasteiger partial charge on any atom is -0.461 e. The molecule has 1 aliphatic carbocycles. The van der Waals surface area contributed by atoms with Crippen molar-refractivity contribution in [2.24, 2.45) is 11.1 Å². The molecule has 0 spiro atoms. The first-order chi connectivity index (χ1) is 7.84. The van der Waals surface area contributed by atoms with E-state index in [-0.39, 0.29) is 23.6 Å². The summed E-state index contributed by atoms with van der Waals surface area (Å²) in [5.74, 6) is -0.292. The molecule has 100 valence electrons. The molecule has 0 aliphatic heterocycles. The van der Waals surface area contributed by atoms with Crippen molar-refractivity contribution in [1.29, 1.82) is 0 Å². The zero-order valence-corrected chi connectivity index (χ0v) is 11.4. The van der Waals surface area contributed by atoms with Crippen molar-refractivity contribution < 1.29 is 14.3 Å². The summed E-state index contributed by atoms with van der Waals surface area (Å²) in [5.41, 5.74) is 5.62. The molecule has 0 amide bonds. The first-order valence-electron chi connectivity index (χ1n) is 6.33. The summed E-state index contributed by atoms with van der Waals surface area (Å²) in [6.07, 6.45) is 3.99. The van der Waals surface area contributed by atoms with Crippen molar-refractivity contribution in [3.05, 3.63) is 0 Å². The van der Waals surface area contributed by atoms with Crippen LogP contribution in [0.4, 0.5) is 0 Å². The van der Waals surface area contributed by atoms with Crippen LogP contribution >= 0.6 is 0 Å². The average molecular weight is 243 g/mol. The van der Waals surface area contributed by atoms with Gasteiger partial charge in [-0.25, -0.2) is 0 Å². The van der Waals surface area contributed by atoms with Gasteiger partial charge < -0.3 is 15.2 Å². The first-order valence-corrected chi connectivity index (χ1v) is 6.33. The molecule has 0 aromatic heterocycles. The highest BCUT2D eigenvalue weighted by Gasteiger charge is 2.32. The molecule has 2 N–H and O–H groups in total. The lowest BCUT2D eigenvalue weighted by Crippen LogP contribution is -2.45. The number of carbonyl (C=O) groups is 1. The van der Waals surface area contributed by atoms with Gasteiger partial charge in [0.1, 0.15) is 12.1 Å². The average Bonchev–Trinajstić information content (AvgIpc) is 2.27. The van der Waals surface area contributed by atoms with E-state index in [0.29, 0.717) is 0 Å². The van der Waals surface area contributed by atoms with Gasteiger partial charge in [0.25, 0.3) is 0 Å². The van der Waals surface area contributed by atoms with Gasteiger partial charge in [-0.2, -0.15) is 0 Å². The highest BCUT2D eigenvalue weighted by molar-refractivity contribution is 5.76. The maximum absolute atomic E-state index is 11.9. The molecule has 17 heavy (non-hydrogen) atoms. The van der Waals surface area contributed by atoms with Crippen LogP contribution in [-0.2, 0) is 14.3 Å². The number of esters is 1. The van der Waals surface area contributed by atoms with E-state index in [9.17, 15) is 4.79 Å². The van der Waals surface area contributed by atoms with E-state index in [0.717, 1.165) is 25.7 Å². The van der Waals surface area contributed by atoms with Crippen molar-refractivity contribution in [1.82, 2.24) is 0 Å². The van der Waals surface area contributed by atoms with Gasteiger partial charge in [0, 0.05) is 13.5 Å². The standard InChI is InChI=1S/C13H25NO3/c1-13(2,3)11(14)12(15)17-10-7-5-6-9(8-10)16-4/h9-11H,5-8,14H2,1-4H3. The van der Waals surface area contributed by atoms with Gasteiger partial charge in [-0.3, -0.25) is 4.79 Å². The Morgan fingerprint density at radius 3 is 2.41 bits per heavy atom. The highest BCUT2D eigenvalue weighted by Crippen LogP contribution is 2.25. The minimum atomic E-state index is -0.564. The number of rotatable bonds is 3. The Balaban J connectivity index is 2.46. The monoisotopic (exact) mass is 243 g/mol. The molecule has 4 heteroatoms. The Morgan fingerprint density at radius 2 is 1.88 bits per heavy atom. The summed E-state index contributed by atoms with van der Waals surface area (Å²) in [6, 6.07) is -0.564. The molecule has 1 saturated carbocycles. The topological polar surface area (TPSA) is 61.5 Å². The predicted octanol–water partition coefficient (Wildman–Crippen LogP) is 1.86. The number of methoxy groups -OCH3 is 1. The Hall–Kier alpha value is -0.610. The predicted molar refractivity (Wildman–Crippen MR) is 66.6 cm³/mol. The molecule has 0 bridgehead atoms. The van der Waals surface area contributed by atoms with E-state index >= 15 is 0 Å². The molecule has 0 heterocycles. The lowest BCUT2D eigenvalue weighted by atomic mass is 9.87. The molecule has 4 nitrogen and oxygen atoms in total. The number of carbonyl (C=O) groups excluding carboxylic acids is 1. The summed E-state index contributed by atoms with van der Waals surface area (Å²) in [6.45, 7) is 5.83. The number of ether oxygens (including phenoxy) is 2. The van der Waals surface area contributed by atoms with E-state index in [1.165, 1.54) is 0 Å². The van der Waals surface area contributed by atoms with Crippen LogP contribution in [0.1, 0.15) is 46.5 Å². The van der Waals surface area contributed by atoms with Gasteiger partial charge in [0.05, 0.1) is 6.10 Å². The second-order valence-corrected chi connectivity index (χ2v) is 5.93. The van der Waals surface area contributed by atoms with E-state index in [4.69, 9.17) is 15.2 Å². The smallest absolute Gasteiger partial charge is 0.323 e. The van der Waals surface area contributed by atoms with Crippen LogP contribution in [0.25, 0.3) is 0 Å². The fraction of sp³-hybridized carbons (Fsp3) is 0.923. The summed E-state index contributed by atoms with van der Waals surface area (Å²) in [7, 11) is 1.70. The molecule has 0 aromatic carbocycles. The van der Waals surface area contributed by atoms with Crippen molar-refractivity contribution in [3.8, 4) is 0 Å². The van der Waals surface area contributed by atoms with Crippen molar-refractivity contribution >= 4 is 5.97 Å². The molecule has 3 unspecified atom stereocenters. The normalized spacial score (nSPS) is 27.6. The largest absolute Gasteiger partial charge is 0.461 e. The van der Waals surface area contributed by atoms with E-state index in [1.54, 1.807) is 7.11 Å². The second kappa shape index (κ2) is 5.83. The van der Waals surface area contributed by atoms with Crippen LogP contribution in [0.5, 0.6) is 0 Å². The minimum absolute atomic E-state index is 0.0328. The van der Waals surface area contributed by atoms with Crippen LogP contribution in [0.3, 0.4) is 0 Å². The second-order valence-electron chi connectivity index (χ2n) is 5.93. The Bertz CT molecular complexity index is 260. The zero-order chi connectivity index (χ0) is 13.1. The third kappa shape index (κ3) is 4.28. The number of nitrogens with two attached hydrogens (primary N) is 1. The van der Waals surface area contributed by atoms with Crippen LogP contribution in [0.15, 0.2) is 0 Å². The van der Waals surface area contributed by atoms with Gasteiger partial charge >= 0.3 is 5.97 Å². The molecule has 1 rings (SSSR count). The molecule has 0 aromatic rings. The summed E-state index contributed by atoms with van der Waals surface area (Å²) in [5, 5.41) is 0. The van der Waals surface area contributed by atoms with Crippen LogP contribution in [-0.4, -0.2) is 31.3 Å². The fourth-order valence-electron chi connectivity index (χ4n) is 2.01. The van der Waals surface area contributed by atoms with Crippen molar-refractivity contribution in [2.45, 2.75) is 64.7 Å². The summed E-state index contributed by atoms with van der Waals surface area (Å²) < 4.78 is 10.8. The van der Waals surface area contributed by atoms with Gasteiger partial charge in [-0.1, -0.05) is 20.8 Å². The lowest BCUT2D eigenvalue weighted by molar-refractivity contribution is -0.156. The van der Waals surface area contributed by atoms with Crippen LogP contribution < -0.4 is 5.73 Å². The molecule has 0 saturated heterocycles. The summed E-state index contributed by atoms with van der Waals surface area (Å²) in [4.78, 5) is 11.9. The van der Waals surface area contributed by atoms with E-state index in [1.807, 2.05) is 20.8 Å². The molecular formula is C13H25NO3. The van der Waals surface area contributed by atoms with Crippen LogP contribution in [0, 0.1) is 5.41 Å². The first kappa shape index (κ1) is 14.5. The van der Waals surface area contributed by atoms with Crippen molar-refractivity contribution in [3.63, 3.8) is 0 Å². The number of hydrogen-bond donors (Lipinski definition) is 1. The van der Waals surface area contributed by atoms with Gasteiger partial charge in [0.15, 0.2) is 0 Å². The van der Waals surface area contributed by atoms with E-state index in [2.05, 4.69) is 0 Å². The summed E-state index contributed by atoms with van der Waals surface area (Å²) >= 11 is 0. The van der Waals surface area contributed by atoms with Gasteiger partial charge in [0.2, 0.25) is 0 Å². The third-order valence-corrected chi connectivity index (χ3v) is 3.38. The van der Waals surface area contributed by atoms with E-state index < -0.39 is 6.04 Å². The molecule has 1 fully saturated rings. The quantitative estimate of drug-likeness (QED) is 0.769. The molecule has 3 atom stereocenters. The third-order valence-electron chi connectivity index (χ3n) is 3.38. The van der Waals surface area contributed by atoms with Gasteiger partial charge in [-0.15, -0.1) is 0 Å². The maximum atomic E-state index is 11.9. The highest BCUT2D eigenvalue weighted by atomic mass is 16.5. The van der Waals surface area contributed by atoms with Gasteiger partial charge in [-0.05, 0) is 24.7 Å². The van der Waals surface area contributed by atoms with Crippen LogP contribution in [0.2, 0.25) is 0 Å². The van der Waals surface area contributed by atoms with Crippen molar-refractivity contribution in [2.75, 3.05) is 7.11 Å². The number of hydrogen-bond acceptors (Lipinski definition) is 4.